The van der Waals surface area contributed by atoms with Crippen LogP contribution in [0.15, 0.2) is 18.2 Å². The van der Waals surface area contributed by atoms with E-state index in [4.69, 9.17) is 4.74 Å². The van der Waals surface area contributed by atoms with Gasteiger partial charge in [-0.15, -0.1) is 0 Å². The summed E-state index contributed by atoms with van der Waals surface area (Å²) in [6.07, 6.45) is 3.33. The van der Waals surface area contributed by atoms with Crippen molar-refractivity contribution < 1.29 is 19.1 Å². The Labute approximate surface area is 111 Å². The van der Waals surface area contributed by atoms with E-state index in [0.29, 0.717) is 0 Å². The van der Waals surface area contributed by atoms with Crippen molar-refractivity contribution in [1.29, 1.82) is 0 Å². The van der Waals surface area contributed by atoms with Crippen LogP contribution in [0.3, 0.4) is 0 Å². The van der Waals surface area contributed by atoms with E-state index in [1.165, 1.54) is 24.7 Å². The molecule has 1 N–H and O–H groups in total. The molecule has 1 aromatic carbocycles. The Kier molecular flexibility index (Phi) is 4.52. The Morgan fingerprint density at radius 3 is 2.79 bits per heavy atom. The smallest absolute Gasteiger partial charge is 0.332 e. The van der Waals surface area contributed by atoms with Crippen molar-refractivity contribution in [3.8, 4) is 0 Å². The van der Waals surface area contributed by atoms with Gasteiger partial charge in [-0.3, -0.25) is 4.79 Å². The molecular weight excluding hydrogens is 246 g/mol. The van der Waals surface area contributed by atoms with Crippen LogP contribution in [0.5, 0.6) is 0 Å². The summed E-state index contributed by atoms with van der Waals surface area (Å²) in [5, 5.41) is 2.71. The maximum Gasteiger partial charge on any atom is 0.332 e. The Balaban J connectivity index is 1.84. The maximum atomic E-state index is 11.6. The molecule has 1 aliphatic rings. The van der Waals surface area contributed by atoms with Crippen LogP contribution in [0, 0.1) is 0 Å². The minimum atomic E-state index is -0.549. The molecule has 0 atom stereocenters. The molecule has 0 spiro atoms. The molecule has 0 fully saturated rings. The van der Waals surface area contributed by atoms with Crippen molar-refractivity contribution in [2.75, 3.05) is 25.6 Å². The average Bonchev–Trinajstić information content (AvgIpc) is 2.84. The summed E-state index contributed by atoms with van der Waals surface area (Å²) in [6.45, 7) is -0.439. The van der Waals surface area contributed by atoms with Gasteiger partial charge in [-0.25, -0.2) is 4.79 Å². The van der Waals surface area contributed by atoms with Gasteiger partial charge in [0.2, 0.25) is 0 Å². The topological polar surface area (TPSA) is 64.6 Å². The SMILES string of the molecule is COCC(=O)OCC(=O)Nc1ccc2c(c1)CCC2. The van der Waals surface area contributed by atoms with E-state index < -0.39 is 5.97 Å². The van der Waals surface area contributed by atoms with Crippen LogP contribution in [0.1, 0.15) is 17.5 Å². The van der Waals surface area contributed by atoms with Gasteiger partial charge < -0.3 is 14.8 Å². The Morgan fingerprint density at radius 2 is 2.00 bits per heavy atom. The highest BCUT2D eigenvalue weighted by atomic mass is 16.6. The van der Waals surface area contributed by atoms with Crippen LogP contribution in [-0.2, 0) is 31.9 Å². The van der Waals surface area contributed by atoms with Crippen LogP contribution in [-0.4, -0.2) is 32.2 Å². The Bertz CT molecular complexity index is 484. The number of methoxy groups -OCH3 is 1. The van der Waals surface area contributed by atoms with Crippen molar-refractivity contribution in [1.82, 2.24) is 0 Å². The largest absolute Gasteiger partial charge is 0.454 e. The number of hydrogen-bond donors (Lipinski definition) is 1. The summed E-state index contributed by atoms with van der Waals surface area (Å²) in [6, 6.07) is 5.89. The molecule has 0 heterocycles. The first-order valence-corrected chi connectivity index (χ1v) is 6.25. The van der Waals surface area contributed by atoms with Gasteiger partial charge in [0.25, 0.3) is 5.91 Å². The Hall–Kier alpha value is -1.88. The highest BCUT2D eigenvalue weighted by Crippen LogP contribution is 2.24. The number of benzene rings is 1. The highest BCUT2D eigenvalue weighted by Gasteiger charge is 2.12. The van der Waals surface area contributed by atoms with Gasteiger partial charge in [0.15, 0.2) is 6.61 Å². The number of ether oxygens (including phenoxy) is 2. The summed E-state index contributed by atoms with van der Waals surface area (Å²) in [4.78, 5) is 22.6. The lowest BCUT2D eigenvalue weighted by molar-refractivity contribution is -0.150. The van der Waals surface area contributed by atoms with E-state index in [2.05, 4.69) is 10.1 Å². The number of amides is 1. The molecule has 0 saturated heterocycles. The number of rotatable bonds is 5. The van der Waals surface area contributed by atoms with Gasteiger partial charge in [0.1, 0.15) is 6.61 Å². The minimum Gasteiger partial charge on any atom is -0.454 e. The number of fused-ring (bicyclic) bond motifs is 1. The van der Waals surface area contributed by atoms with Gasteiger partial charge in [-0.2, -0.15) is 0 Å². The van der Waals surface area contributed by atoms with Gasteiger partial charge >= 0.3 is 5.97 Å². The normalized spacial score (nSPS) is 12.9. The van der Waals surface area contributed by atoms with Crippen LogP contribution < -0.4 is 5.32 Å². The number of carbonyl (C=O) groups is 2. The minimum absolute atomic E-state index is 0.147. The van der Waals surface area contributed by atoms with E-state index in [9.17, 15) is 9.59 Å². The zero-order valence-corrected chi connectivity index (χ0v) is 10.9. The first kappa shape index (κ1) is 13.5. The van der Waals surface area contributed by atoms with Crippen LogP contribution in [0.2, 0.25) is 0 Å². The van der Waals surface area contributed by atoms with Crippen molar-refractivity contribution in [2.24, 2.45) is 0 Å². The quantitative estimate of drug-likeness (QED) is 0.813. The number of esters is 1. The van der Waals surface area contributed by atoms with Crippen LogP contribution in [0.4, 0.5) is 5.69 Å². The van der Waals surface area contributed by atoms with Gasteiger partial charge in [-0.1, -0.05) is 6.07 Å². The molecule has 19 heavy (non-hydrogen) atoms. The standard InChI is InChI=1S/C14H17NO4/c1-18-9-14(17)19-8-13(16)15-12-6-5-10-3-2-4-11(10)7-12/h5-7H,2-4,8-9H2,1H3,(H,15,16). The lowest BCUT2D eigenvalue weighted by Crippen LogP contribution is -2.22. The van der Waals surface area contributed by atoms with E-state index in [-0.39, 0.29) is 19.1 Å². The zero-order valence-electron chi connectivity index (χ0n) is 10.9. The van der Waals surface area contributed by atoms with Crippen LogP contribution >= 0.6 is 0 Å². The molecule has 0 bridgehead atoms. The lowest BCUT2D eigenvalue weighted by atomic mass is 10.1. The predicted octanol–water partition coefficient (Wildman–Crippen LogP) is 1.30. The molecule has 0 saturated carbocycles. The monoisotopic (exact) mass is 263 g/mol. The first-order chi connectivity index (χ1) is 9.19. The summed E-state index contributed by atoms with van der Waals surface area (Å²) in [5.41, 5.74) is 3.38. The van der Waals surface area contributed by atoms with Crippen molar-refractivity contribution in [3.63, 3.8) is 0 Å². The number of hydrogen-bond acceptors (Lipinski definition) is 4. The lowest BCUT2D eigenvalue weighted by Gasteiger charge is -2.08. The second-order valence-electron chi connectivity index (χ2n) is 4.48. The summed E-state index contributed by atoms with van der Waals surface area (Å²) in [7, 11) is 1.39. The Morgan fingerprint density at radius 1 is 1.21 bits per heavy atom. The summed E-state index contributed by atoms with van der Waals surface area (Å²) >= 11 is 0. The molecule has 0 radical (unpaired) electrons. The molecule has 1 aromatic rings. The third kappa shape index (κ3) is 3.79. The summed E-state index contributed by atoms with van der Waals surface area (Å²) < 4.78 is 9.33. The molecule has 5 heteroatoms. The summed E-state index contributed by atoms with van der Waals surface area (Å²) in [5.74, 6) is -0.894. The highest BCUT2D eigenvalue weighted by molar-refractivity contribution is 5.93. The van der Waals surface area contributed by atoms with Crippen molar-refractivity contribution in [2.45, 2.75) is 19.3 Å². The molecule has 102 valence electrons. The van der Waals surface area contributed by atoms with Gasteiger partial charge in [0.05, 0.1) is 0 Å². The van der Waals surface area contributed by atoms with Crippen molar-refractivity contribution >= 4 is 17.6 Å². The number of aryl methyl sites for hydroxylation is 2. The molecule has 0 unspecified atom stereocenters. The second kappa shape index (κ2) is 6.33. The molecule has 0 aromatic heterocycles. The van der Waals surface area contributed by atoms with Crippen LogP contribution in [0.25, 0.3) is 0 Å². The predicted molar refractivity (Wildman–Crippen MR) is 69.9 cm³/mol. The molecule has 2 rings (SSSR count). The second-order valence-corrected chi connectivity index (χ2v) is 4.48. The average molecular weight is 263 g/mol. The number of nitrogens with one attached hydrogen (secondary N) is 1. The zero-order chi connectivity index (χ0) is 13.7. The van der Waals surface area contributed by atoms with E-state index >= 15 is 0 Å². The molecule has 1 aliphatic carbocycles. The first-order valence-electron chi connectivity index (χ1n) is 6.25. The third-order valence-corrected chi connectivity index (χ3v) is 3.01. The number of anilines is 1. The van der Waals surface area contributed by atoms with Crippen molar-refractivity contribution in [3.05, 3.63) is 29.3 Å². The number of carbonyl (C=O) groups excluding carboxylic acids is 2. The van der Waals surface area contributed by atoms with E-state index in [1.54, 1.807) is 0 Å². The molecule has 5 nitrogen and oxygen atoms in total. The fraction of sp³-hybridized carbons (Fsp3) is 0.429. The molecular formula is C14H17NO4. The van der Waals surface area contributed by atoms with Gasteiger partial charge in [-0.05, 0) is 42.5 Å². The fourth-order valence-corrected chi connectivity index (χ4v) is 2.15. The van der Waals surface area contributed by atoms with E-state index in [0.717, 1.165) is 18.5 Å². The maximum absolute atomic E-state index is 11.6. The van der Waals surface area contributed by atoms with E-state index in [1.807, 2.05) is 18.2 Å². The third-order valence-electron chi connectivity index (χ3n) is 3.01. The van der Waals surface area contributed by atoms with Gasteiger partial charge in [0, 0.05) is 12.8 Å². The fourth-order valence-electron chi connectivity index (χ4n) is 2.15. The molecule has 0 aliphatic heterocycles. The molecule has 1 amide bonds.